The summed E-state index contributed by atoms with van der Waals surface area (Å²) in [5.74, 6) is 1.30. The van der Waals surface area contributed by atoms with Gasteiger partial charge in [-0.2, -0.15) is 0 Å². The van der Waals surface area contributed by atoms with Crippen molar-refractivity contribution in [2.45, 2.75) is 23.2 Å². The number of anilines is 1. The molecule has 2 aromatic heterocycles. The van der Waals surface area contributed by atoms with Gasteiger partial charge in [0.15, 0.2) is 0 Å². The number of rotatable bonds is 3. The van der Waals surface area contributed by atoms with Crippen molar-refractivity contribution >= 4 is 35.0 Å². The molecule has 0 unspecified atom stereocenters. The van der Waals surface area contributed by atoms with Gasteiger partial charge >= 0.3 is 0 Å². The van der Waals surface area contributed by atoms with Gasteiger partial charge in [-0.25, -0.2) is 15.0 Å². The molecule has 3 saturated heterocycles. The first-order valence-electron chi connectivity index (χ1n) is 8.07. The van der Waals surface area contributed by atoms with Crippen LogP contribution in [0.15, 0.2) is 28.2 Å². The monoisotopic (exact) mass is 361 g/mol. The molecule has 8 heteroatoms. The van der Waals surface area contributed by atoms with E-state index in [1.54, 1.807) is 24.2 Å². The van der Waals surface area contributed by atoms with Crippen LogP contribution in [0.4, 0.5) is 5.95 Å². The van der Waals surface area contributed by atoms with Gasteiger partial charge in [0.2, 0.25) is 5.95 Å². The highest BCUT2D eigenvalue weighted by Gasteiger charge is 2.38. The number of hydrogen-bond donors (Lipinski definition) is 0. The number of thioether (sulfide) groups is 1. The van der Waals surface area contributed by atoms with E-state index in [0.717, 1.165) is 42.8 Å². The SMILES string of the molecule is CSc1nc(C(=O)N2C[C@H]3CC[C@@H]2CN(c2ncccn2)C3)cs1. The zero-order valence-corrected chi connectivity index (χ0v) is 15.1. The van der Waals surface area contributed by atoms with Gasteiger partial charge in [-0.15, -0.1) is 11.3 Å². The topological polar surface area (TPSA) is 62.2 Å². The normalized spacial score (nSPS) is 23.4. The molecule has 0 spiro atoms. The van der Waals surface area contributed by atoms with E-state index in [4.69, 9.17) is 0 Å². The van der Waals surface area contributed by atoms with Gasteiger partial charge in [-0.05, 0) is 31.1 Å². The molecule has 2 atom stereocenters. The molecule has 0 aromatic carbocycles. The van der Waals surface area contributed by atoms with Crippen LogP contribution in [0.3, 0.4) is 0 Å². The second kappa shape index (κ2) is 6.68. The molecular formula is C16H19N5OS2. The van der Waals surface area contributed by atoms with Crippen LogP contribution in [0.1, 0.15) is 23.3 Å². The van der Waals surface area contributed by atoms with E-state index >= 15 is 0 Å². The fraction of sp³-hybridized carbons (Fsp3) is 0.500. The molecule has 1 amide bonds. The Labute approximate surface area is 149 Å². The number of aromatic nitrogens is 3. The molecule has 2 bridgehead atoms. The van der Waals surface area contributed by atoms with E-state index in [2.05, 4.69) is 19.9 Å². The first-order chi connectivity index (χ1) is 11.7. The Morgan fingerprint density at radius 2 is 2.08 bits per heavy atom. The quantitative estimate of drug-likeness (QED) is 0.783. The fourth-order valence-electron chi connectivity index (χ4n) is 3.54. The molecule has 5 heterocycles. The average Bonchev–Trinajstić information content (AvgIpc) is 2.93. The Morgan fingerprint density at radius 3 is 2.83 bits per heavy atom. The fourth-order valence-corrected chi connectivity index (χ4v) is 4.78. The molecule has 126 valence electrons. The van der Waals surface area contributed by atoms with Crippen molar-refractivity contribution in [2.75, 3.05) is 30.8 Å². The average molecular weight is 361 g/mol. The number of thiazole rings is 1. The number of amides is 1. The highest BCUT2D eigenvalue weighted by molar-refractivity contribution is 8.00. The lowest BCUT2D eigenvalue weighted by atomic mass is 9.95. The summed E-state index contributed by atoms with van der Waals surface area (Å²) in [6.45, 7) is 2.52. The molecule has 0 radical (unpaired) electrons. The summed E-state index contributed by atoms with van der Waals surface area (Å²) in [7, 11) is 0. The highest BCUT2D eigenvalue weighted by atomic mass is 32.2. The van der Waals surface area contributed by atoms with Crippen LogP contribution in [0.25, 0.3) is 0 Å². The summed E-state index contributed by atoms with van der Waals surface area (Å²) >= 11 is 3.12. The minimum atomic E-state index is 0.0667. The maximum absolute atomic E-state index is 12.9. The zero-order valence-electron chi connectivity index (χ0n) is 13.5. The van der Waals surface area contributed by atoms with Crippen molar-refractivity contribution in [2.24, 2.45) is 5.92 Å². The molecule has 3 fully saturated rings. The molecule has 0 aliphatic carbocycles. The van der Waals surface area contributed by atoms with Gasteiger partial charge in [0.25, 0.3) is 5.91 Å². The molecular weight excluding hydrogens is 342 g/mol. The summed E-state index contributed by atoms with van der Waals surface area (Å²) in [4.78, 5) is 30.4. The largest absolute Gasteiger partial charge is 0.338 e. The van der Waals surface area contributed by atoms with Crippen LogP contribution in [-0.4, -0.2) is 57.7 Å². The van der Waals surface area contributed by atoms with E-state index in [1.807, 2.05) is 22.6 Å². The standard InChI is InChI=1S/C16H19N5OS2/c1-23-16-19-13(10-24-16)14(22)21-8-11-3-4-12(21)9-20(7-11)15-17-5-2-6-18-15/h2,5-6,10-12H,3-4,7-9H2,1H3/t11-,12+/m0/s1. The third-order valence-corrected chi connectivity index (χ3v) is 6.55. The minimum absolute atomic E-state index is 0.0667. The Kier molecular flexibility index (Phi) is 4.41. The molecule has 24 heavy (non-hydrogen) atoms. The van der Waals surface area contributed by atoms with Gasteiger partial charge in [0.1, 0.15) is 10.0 Å². The molecule has 0 saturated carbocycles. The Morgan fingerprint density at radius 1 is 1.25 bits per heavy atom. The van der Waals surface area contributed by atoms with Gasteiger partial charge in [0, 0.05) is 43.4 Å². The second-order valence-corrected chi connectivity index (χ2v) is 8.12. The Balaban J connectivity index is 1.55. The summed E-state index contributed by atoms with van der Waals surface area (Å²) in [6, 6.07) is 2.04. The first kappa shape index (κ1) is 15.8. The van der Waals surface area contributed by atoms with Gasteiger partial charge < -0.3 is 9.80 Å². The van der Waals surface area contributed by atoms with Crippen LogP contribution >= 0.6 is 23.1 Å². The number of piperidine rings is 1. The molecule has 2 aromatic rings. The number of carbonyl (C=O) groups is 1. The molecule has 6 nitrogen and oxygen atoms in total. The third-order valence-electron chi connectivity index (χ3n) is 4.69. The lowest BCUT2D eigenvalue weighted by molar-refractivity contribution is 0.0586. The van der Waals surface area contributed by atoms with Crippen molar-refractivity contribution in [1.82, 2.24) is 19.9 Å². The van der Waals surface area contributed by atoms with Crippen LogP contribution < -0.4 is 4.90 Å². The van der Waals surface area contributed by atoms with Gasteiger partial charge in [-0.1, -0.05) is 11.8 Å². The minimum Gasteiger partial charge on any atom is -0.338 e. The highest BCUT2D eigenvalue weighted by Crippen LogP contribution is 2.31. The van der Waals surface area contributed by atoms with Crippen LogP contribution in [-0.2, 0) is 0 Å². The Bertz CT molecular complexity index is 722. The van der Waals surface area contributed by atoms with E-state index < -0.39 is 0 Å². The van der Waals surface area contributed by atoms with E-state index in [-0.39, 0.29) is 11.9 Å². The van der Waals surface area contributed by atoms with E-state index in [1.165, 1.54) is 11.3 Å². The number of carbonyl (C=O) groups excluding carboxylic acids is 1. The summed E-state index contributed by atoms with van der Waals surface area (Å²) in [5, 5.41) is 1.88. The lowest BCUT2D eigenvalue weighted by Gasteiger charge is -2.35. The summed E-state index contributed by atoms with van der Waals surface area (Å²) in [6.07, 6.45) is 7.73. The maximum atomic E-state index is 12.9. The van der Waals surface area contributed by atoms with Crippen LogP contribution in [0, 0.1) is 5.92 Å². The van der Waals surface area contributed by atoms with E-state index in [9.17, 15) is 4.79 Å². The molecule has 3 aliphatic rings. The predicted molar refractivity (Wildman–Crippen MR) is 95.7 cm³/mol. The van der Waals surface area contributed by atoms with Crippen LogP contribution in [0.2, 0.25) is 0 Å². The zero-order chi connectivity index (χ0) is 16.5. The third kappa shape index (κ3) is 3.00. The van der Waals surface area contributed by atoms with Gasteiger partial charge in [-0.3, -0.25) is 4.79 Å². The number of fused-ring (bicyclic) bond motifs is 4. The summed E-state index contributed by atoms with van der Waals surface area (Å²) < 4.78 is 0.942. The van der Waals surface area contributed by atoms with Crippen molar-refractivity contribution in [3.63, 3.8) is 0 Å². The van der Waals surface area contributed by atoms with E-state index in [0.29, 0.717) is 11.6 Å². The Hall–Kier alpha value is -1.67. The second-order valence-electron chi connectivity index (χ2n) is 6.21. The smallest absolute Gasteiger partial charge is 0.273 e. The van der Waals surface area contributed by atoms with Gasteiger partial charge in [0.05, 0.1) is 0 Å². The van der Waals surface area contributed by atoms with Crippen molar-refractivity contribution < 1.29 is 4.79 Å². The summed E-state index contributed by atoms with van der Waals surface area (Å²) in [5.41, 5.74) is 0.583. The van der Waals surface area contributed by atoms with Crippen molar-refractivity contribution in [3.05, 3.63) is 29.5 Å². The predicted octanol–water partition coefficient (Wildman–Crippen LogP) is 2.40. The van der Waals surface area contributed by atoms with Crippen molar-refractivity contribution in [3.8, 4) is 0 Å². The molecule has 5 rings (SSSR count). The molecule has 0 N–H and O–H groups in total. The first-order valence-corrected chi connectivity index (χ1v) is 10.2. The molecule has 3 aliphatic heterocycles. The van der Waals surface area contributed by atoms with Crippen molar-refractivity contribution in [1.29, 1.82) is 0 Å². The lowest BCUT2D eigenvalue weighted by Crippen LogP contribution is -2.47. The number of nitrogens with zero attached hydrogens (tertiary/aromatic N) is 5. The van der Waals surface area contributed by atoms with Crippen LogP contribution in [0.5, 0.6) is 0 Å². The maximum Gasteiger partial charge on any atom is 0.273 e. The number of hydrogen-bond acceptors (Lipinski definition) is 7.